The maximum atomic E-state index is 11.3. The number of benzene rings is 1. The number of carbonyl (C=O) groups is 2. The van der Waals surface area contributed by atoms with Gasteiger partial charge in [0.05, 0.1) is 6.42 Å². The second-order valence-electron chi connectivity index (χ2n) is 4.03. The third-order valence-corrected chi connectivity index (χ3v) is 2.72. The number of ketones is 2. The Hall–Kier alpha value is -1.64. The highest BCUT2D eigenvalue weighted by atomic mass is 16.1. The van der Waals surface area contributed by atoms with Gasteiger partial charge in [-0.3, -0.25) is 9.59 Å². The van der Waals surface area contributed by atoms with Crippen LogP contribution in [0.4, 0.5) is 5.69 Å². The van der Waals surface area contributed by atoms with Gasteiger partial charge in [-0.25, -0.2) is 0 Å². The number of hydrogen-bond donors (Lipinski definition) is 1. The predicted molar refractivity (Wildman–Crippen MR) is 57.5 cm³/mol. The maximum absolute atomic E-state index is 11.3. The summed E-state index contributed by atoms with van der Waals surface area (Å²) in [4.78, 5) is 22.6. The first-order chi connectivity index (χ1) is 7.15. The van der Waals surface area contributed by atoms with Crippen molar-refractivity contribution in [3.8, 4) is 0 Å². The van der Waals surface area contributed by atoms with E-state index >= 15 is 0 Å². The van der Waals surface area contributed by atoms with Crippen LogP contribution in [0, 0.1) is 0 Å². The Bertz CT molecular complexity index is 396. The molecule has 3 nitrogen and oxygen atoms in total. The highest BCUT2D eigenvalue weighted by molar-refractivity contribution is 6.02. The molecule has 1 saturated carbocycles. The fraction of sp³-hybridized carbons (Fsp3) is 0.333. The molecular formula is C12H13NO2. The fourth-order valence-corrected chi connectivity index (χ4v) is 2.03. The summed E-state index contributed by atoms with van der Waals surface area (Å²) in [6.45, 7) is 0. The second kappa shape index (κ2) is 3.85. The van der Waals surface area contributed by atoms with E-state index in [0.29, 0.717) is 18.5 Å². The van der Waals surface area contributed by atoms with Crippen LogP contribution < -0.4 is 5.73 Å². The van der Waals surface area contributed by atoms with Crippen molar-refractivity contribution in [1.82, 2.24) is 0 Å². The number of Topliss-reactive ketones (excluding diaryl/α,β-unsaturated/α-hetero) is 2. The largest absolute Gasteiger partial charge is 0.399 e. The molecule has 0 aromatic heterocycles. The summed E-state index contributed by atoms with van der Waals surface area (Å²) in [7, 11) is 0. The molecule has 2 N–H and O–H groups in total. The zero-order valence-corrected chi connectivity index (χ0v) is 8.40. The number of nitrogen functional groups attached to an aromatic ring is 1. The van der Waals surface area contributed by atoms with Gasteiger partial charge in [-0.1, -0.05) is 12.1 Å². The van der Waals surface area contributed by atoms with E-state index in [-0.39, 0.29) is 23.9 Å². The smallest absolute Gasteiger partial charge is 0.140 e. The summed E-state index contributed by atoms with van der Waals surface area (Å²) in [5.74, 6) is 0.111. The molecule has 0 bridgehead atoms. The molecule has 0 amide bonds. The molecule has 3 heteroatoms. The standard InChI is InChI=1S/C12H13NO2/c13-10-3-1-2-8(4-10)9-5-11(14)7-12(15)6-9/h1-4,9H,5-7,13H2. The minimum Gasteiger partial charge on any atom is -0.399 e. The average molecular weight is 203 g/mol. The third-order valence-electron chi connectivity index (χ3n) is 2.72. The van der Waals surface area contributed by atoms with E-state index in [1.54, 1.807) is 6.07 Å². The van der Waals surface area contributed by atoms with Gasteiger partial charge < -0.3 is 5.73 Å². The van der Waals surface area contributed by atoms with E-state index in [0.717, 1.165) is 5.56 Å². The van der Waals surface area contributed by atoms with Crippen molar-refractivity contribution in [2.75, 3.05) is 5.73 Å². The van der Waals surface area contributed by atoms with Crippen molar-refractivity contribution >= 4 is 17.3 Å². The zero-order chi connectivity index (χ0) is 10.8. The van der Waals surface area contributed by atoms with Crippen LogP contribution in [0.2, 0.25) is 0 Å². The van der Waals surface area contributed by atoms with Crippen LogP contribution >= 0.6 is 0 Å². The molecule has 0 aliphatic heterocycles. The molecular weight excluding hydrogens is 190 g/mol. The lowest BCUT2D eigenvalue weighted by atomic mass is 9.82. The normalized spacial score (nSPS) is 18.1. The van der Waals surface area contributed by atoms with Crippen LogP contribution in [0.3, 0.4) is 0 Å². The lowest BCUT2D eigenvalue weighted by molar-refractivity contribution is -0.130. The number of nitrogens with two attached hydrogens (primary N) is 1. The Morgan fingerprint density at radius 3 is 2.40 bits per heavy atom. The van der Waals surface area contributed by atoms with Crippen molar-refractivity contribution in [2.24, 2.45) is 0 Å². The first kappa shape index (κ1) is 9.90. The Kier molecular flexibility index (Phi) is 2.54. The number of hydrogen-bond acceptors (Lipinski definition) is 3. The van der Waals surface area contributed by atoms with Gasteiger partial charge in [0.1, 0.15) is 11.6 Å². The van der Waals surface area contributed by atoms with Crippen LogP contribution in [0.15, 0.2) is 24.3 Å². The summed E-state index contributed by atoms with van der Waals surface area (Å²) in [6.07, 6.45) is 1.04. The molecule has 1 fully saturated rings. The zero-order valence-electron chi connectivity index (χ0n) is 8.40. The van der Waals surface area contributed by atoms with Crippen molar-refractivity contribution in [3.05, 3.63) is 29.8 Å². The van der Waals surface area contributed by atoms with Crippen LogP contribution in [0.1, 0.15) is 30.7 Å². The van der Waals surface area contributed by atoms with Crippen molar-refractivity contribution in [1.29, 1.82) is 0 Å². The summed E-state index contributed by atoms with van der Waals surface area (Å²) in [5, 5.41) is 0. The van der Waals surface area contributed by atoms with Gasteiger partial charge in [-0.05, 0) is 23.6 Å². The second-order valence-corrected chi connectivity index (χ2v) is 4.03. The fourth-order valence-electron chi connectivity index (χ4n) is 2.03. The summed E-state index contributed by atoms with van der Waals surface area (Å²) < 4.78 is 0. The third kappa shape index (κ3) is 2.24. The topological polar surface area (TPSA) is 60.2 Å². The first-order valence-electron chi connectivity index (χ1n) is 5.04. The van der Waals surface area contributed by atoms with Crippen LogP contribution in [0.25, 0.3) is 0 Å². The molecule has 0 radical (unpaired) electrons. The molecule has 2 rings (SSSR count). The lowest BCUT2D eigenvalue weighted by Crippen LogP contribution is -2.21. The molecule has 1 aliphatic rings. The van der Waals surface area contributed by atoms with E-state index in [4.69, 9.17) is 5.73 Å². The molecule has 0 unspecified atom stereocenters. The average Bonchev–Trinajstić information content (AvgIpc) is 2.16. The molecule has 78 valence electrons. The minimum absolute atomic E-state index is 0.0299. The molecule has 1 aliphatic carbocycles. The van der Waals surface area contributed by atoms with Gasteiger partial charge in [0.2, 0.25) is 0 Å². The van der Waals surface area contributed by atoms with Gasteiger partial charge in [-0.15, -0.1) is 0 Å². The lowest BCUT2D eigenvalue weighted by Gasteiger charge is -2.20. The highest BCUT2D eigenvalue weighted by Gasteiger charge is 2.26. The minimum atomic E-state index is 0.0299. The summed E-state index contributed by atoms with van der Waals surface area (Å²) in [5.41, 5.74) is 7.34. The highest BCUT2D eigenvalue weighted by Crippen LogP contribution is 2.29. The molecule has 0 atom stereocenters. The van der Waals surface area contributed by atoms with Gasteiger partial charge in [0, 0.05) is 18.5 Å². The molecule has 1 aromatic carbocycles. The maximum Gasteiger partial charge on any atom is 0.140 e. The van der Waals surface area contributed by atoms with Crippen LogP contribution in [-0.2, 0) is 9.59 Å². The van der Waals surface area contributed by atoms with Gasteiger partial charge in [0.25, 0.3) is 0 Å². The van der Waals surface area contributed by atoms with Gasteiger partial charge >= 0.3 is 0 Å². The Morgan fingerprint density at radius 2 is 1.80 bits per heavy atom. The Morgan fingerprint density at radius 1 is 1.13 bits per heavy atom. The quantitative estimate of drug-likeness (QED) is 0.558. The Balaban J connectivity index is 2.23. The van der Waals surface area contributed by atoms with E-state index in [1.807, 2.05) is 18.2 Å². The molecule has 0 spiro atoms. The molecule has 0 saturated heterocycles. The van der Waals surface area contributed by atoms with Crippen molar-refractivity contribution in [3.63, 3.8) is 0 Å². The van der Waals surface area contributed by atoms with Gasteiger partial charge in [-0.2, -0.15) is 0 Å². The van der Waals surface area contributed by atoms with Crippen LogP contribution in [-0.4, -0.2) is 11.6 Å². The van der Waals surface area contributed by atoms with Crippen molar-refractivity contribution < 1.29 is 9.59 Å². The predicted octanol–water partition coefficient (Wildman–Crippen LogP) is 1.67. The summed E-state index contributed by atoms with van der Waals surface area (Å²) in [6, 6.07) is 7.42. The first-order valence-corrected chi connectivity index (χ1v) is 5.04. The monoisotopic (exact) mass is 203 g/mol. The number of anilines is 1. The van der Waals surface area contributed by atoms with E-state index in [2.05, 4.69) is 0 Å². The Labute approximate surface area is 88.3 Å². The molecule has 15 heavy (non-hydrogen) atoms. The van der Waals surface area contributed by atoms with E-state index < -0.39 is 0 Å². The molecule has 1 aromatic rings. The molecule has 0 heterocycles. The van der Waals surface area contributed by atoms with E-state index in [1.165, 1.54) is 0 Å². The van der Waals surface area contributed by atoms with Crippen molar-refractivity contribution in [2.45, 2.75) is 25.2 Å². The number of carbonyl (C=O) groups excluding carboxylic acids is 2. The SMILES string of the molecule is Nc1cccc(C2CC(=O)CC(=O)C2)c1. The van der Waals surface area contributed by atoms with Gasteiger partial charge in [0.15, 0.2) is 0 Å². The van der Waals surface area contributed by atoms with E-state index in [9.17, 15) is 9.59 Å². The van der Waals surface area contributed by atoms with Crippen LogP contribution in [0.5, 0.6) is 0 Å². The summed E-state index contributed by atoms with van der Waals surface area (Å²) >= 11 is 0. The number of rotatable bonds is 1.